The van der Waals surface area contributed by atoms with Crippen LogP contribution in [-0.2, 0) is 25.6 Å². The molecular weight excluding hydrogens is 813 g/mol. The number of amides is 3. The molecule has 354 valence electrons. The van der Waals surface area contributed by atoms with Crippen molar-refractivity contribution in [3.8, 4) is 23.0 Å². The third-order valence-electron chi connectivity index (χ3n) is 10.9. The molecule has 0 fully saturated rings. The zero-order valence-corrected chi connectivity index (χ0v) is 40.9. The molecular formula is C51H76N4O9. The van der Waals surface area contributed by atoms with E-state index >= 15 is 0 Å². The number of hydrogen-bond donors (Lipinski definition) is 3. The Labute approximate surface area is 382 Å². The lowest BCUT2D eigenvalue weighted by Gasteiger charge is -2.24. The molecule has 3 aromatic carbocycles. The number of nitrogens with zero attached hydrogens (tertiary/aromatic N) is 2. The van der Waals surface area contributed by atoms with E-state index in [4.69, 9.17) is 14.2 Å². The average Bonchev–Trinajstić information content (AvgIpc) is 3.24. The number of phenolic OH excluding ortho intramolecular Hbond substituents is 1. The number of Topliss-reactive ketones (excluding diaryl/α,β-unsaturated/α-hetero) is 2. The lowest BCUT2D eigenvalue weighted by molar-refractivity contribution is -0.134. The average molecular weight is 889 g/mol. The van der Waals surface area contributed by atoms with Gasteiger partial charge in [0.25, 0.3) is 0 Å². The molecule has 0 aromatic heterocycles. The number of carbonyl (C=O) groups is 5. The number of nitrogens with one attached hydrogen (secondary N) is 2. The fraction of sp³-hybridized carbons (Fsp3) is 0.549. The Morgan fingerprint density at radius 3 is 1.84 bits per heavy atom. The van der Waals surface area contributed by atoms with Crippen LogP contribution in [0.5, 0.6) is 23.0 Å². The van der Waals surface area contributed by atoms with Crippen LogP contribution in [0, 0.1) is 25.7 Å². The molecule has 13 heteroatoms. The van der Waals surface area contributed by atoms with Gasteiger partial charge in [-0.2, -0.15) is 0 Å². The summed E-state index contributed by atoms with van der Waals surface area (Å²) in [6, 6.07) is 16.6. The third-order valence-corrected chi connectivity index (χ3v) is 10.9. The summed E-state index contributed by atoms with van der Waals surface area (Å²) in [5, 5.41) is 15.6. The topological polar surface area (TPSA) is 164 Å². The fourth-order valence-electron chi connectivity index (χ4n) is 6.78. The van der Waals surface area contributed by atoms with Crippen LogP contribution in [0.2, 0.25) is 0 Å². The van der Waals surface area contributed by atoms with Crippen LogP contribution in [0.25, 0.3) is 0 Å². The lowest BCUT2D eigenvalue weighted by atomic mass is 9.91. The minimum absolute atomic E-state index is 0.0423. The van der Waals surface area contributed by atoms with Crippen molar-refractivity contribution >= 4 is 29.5 Å². The van der Waals surface area contributed by atoms with Crippen LogP contribution < -0.4 is 24.8 Å². The third kappa shape index (κ3) is 18.3. The van der Waals surface area contributed by atoms with Crippen LogP contribution in [-0.4, -0.2) is 104 Å². The molecule has 0 radical (unpaired) electrons. The number of phenols is 1. The fourth-order valence-corrected chi connectivity index (χ4v) is 6.78. The van der Waals surface area contributed by atoms with Crippen molar-refractivity contribution in [1.82, 2.24) is 20.4 Å². The van der Waals surface area contributed by atoms with E-state index in [-0.39, 0.29) is 85.9 Å². The summed E-state index contributed by atoms with van der Waals surface area (Å²) in [7, 11) is 6.31. The first-order chi connectivity index (χ1) is 30.1. The number of hydrogen-bond acceptors (Lipinski definition) is 10. The molecule has 2 atom stereocenters. The molecule has 0 aliphatic rings. The molecule has 0 aliphatic heterocycles. The van der Waals surface area contributed by atoms with Gasteiger partial charge >= 0.3 is 6.09 Å². The summed E-state index contributed by atoms with van der Waals surface area (Å²) in [6.45, 7) is 20.6. The number of rotatable bonds is 23. The van der Waals surface area contributed by atoms with E-state index in [1.54, 1.807) is 21.2 Å². The molecule has 0 heterocycles. The molecule has 0 aliphatic carbocycles. The maximum Gasteiger partial charge on any atom is 0.415 e. The van der Waals surface area contributed by atoms with Gasteiger partial charge in [-0.3, -0.25) is 19.2 Å². The smallest absolute Gasteiger partial charge is 0.415 e. The Hall–Kier alpha value is -5.43. The van der Waals surface area contributed by atoms with E-state index in [1.165, 1.54) is 22.5 Å². The minimum Gasteiger partial charge on any atom is -0.504 e. The van der Waals surface area contributed by atoms with Gasteiger partial charge in [-0.1, -0.05) is 97.9 Å². The van der Waals surface area contributed by atoms with Gasteiger partial charge in [0.2, 0.25) is 11.8 Å². The van der Waals surface area contributed by atoms with E-state index in [0.717, 1.165) is 22.3 Å². The molecule has 3 aromatic rings. The number of benzene rings is 3. The van der Waals surface area contributed by atoms with Gasteiger partial charge in [0, 0.05) is 58.4 Å². The normalized spacial score (nSPS) is 12.0. The number of methoxy groups -OCH3 is 2. The van der Waals surface area contributed by atoms with E-state index in [2.05, 4.69) is 38.3 Å². The number of likely N-dealkylation sites (N-methyl/N-ethyl adjacent to an activating group) is 2. The van der Waals surface area contributed by atoms with Gasteiger partial charge in [0.05, 0.1) is 26.8 Å². The van der Waals surface area contributed by atoms with Crippen molar-refractivity contribution in [2.75, 3.05) is 47.9 Å². The maximum absolute atomic E-state index is 13.6. The van der Waals surface area contributed by atoms with Crippen LogP contribution in [0.4, 0.5) is 4.79 Å². The Morgan fingerprint density at radius 2 is 1.30 bits per heavy atom. The summed E-state index contributed by atoms with van der Waals surface area (Å²) < 4.78 is 16.2. The number of ketones is 2. The molecule has 0 bridgehead atoms. The van der Waals surface area contributed by atoms with Crippen molar-refractivity contribution in [3.05, 3.63) is 82.4 Å². The maximum atomic E-state index is 13.6. The van der Waals surface area contributed by atoms with Gasteiger partial charge in [-0.05, 0) is 84.4 Å². The second-order valence-corrected chi connectivity index (χ2v) is 18.0. The number of aromatic hydroxyl groups is 1. The van der Waals surface area contributed by atoms with Gasteiger partial charge in [-0.15, -0.1) is 0 Å². The summed E-state index contributed by atoms with van der Waals surface area (Å²) in [6.07, 6.45) is 0.148. The second kappa shape index (κ2) is 27.0. The van der Waals surface area contributed by atoms with Crippen molar-refractivity contribution in [1.29, 1.82) is 0 Å². The molecule has 0 spiro atoms. The zero-order chi connectivity index (χ0) is 48.3. The van der Waals surface area contributed by atoms with Crippen molar-refractivity contribution in [3.63, 3.8) is 0 Å². The molecule has 3 rings (SSSR count). The highest BCUT2D eigenvalue weighted by Crippen LogP contribution is 2.35. The van der Waals surface area contributed by atoms with E-state index in [0.29, 0.717) is 36.0 Å². The van der Waals surface area contributed by atoms with Gasteiger partial charge in [0.1, 0.15) is 5.78 Å². The highest BCUT2D eigenvalue weighted by Gasteiger charge is 2.29. The predicted octanol–water partition coefficient (Wildman–Crippen LogP) is 8.54. The molecule has 13 nitrogen and oxygen atoms in total. The molecule has 2 unspecified atom stereocenters. The Kier molecular flexibility index (Phi) is 23.1. The second-order valence-electron chi connectivity index (χ2n) is 18.0. The van der Waals surface area contributed by atoms with Gasteiger partial charge in [0.15, 0.2) is 28.8 Å². The summed E-state index contributed by atoms with van der Waals surface area (Å²) in [5.74, 6) is 0.909. The molecule has 64 heavy (non-hydrogen) atoms. The monoisotopic (exact) mass is 889 g/mol. The molecule has 0 saturated carbocycles. The molecule has 3 N–H and O–H groups in total. The van der Waals surface area contributed by atoms with Crippen LogP contribution in [0.15, 0.2) is 54.6 Å². The van der Waals surface area contributed by atoms with Crippen LogP contribution in [0.1, 0.15) is 121 Å². The predicted molar refractivity (Wildman–Crippen MR) is 254 cm³/mol. The Morgan fingerprint density at radius 1 is 0.734 bits per heavy atom. The highest BCUT2D eigenvalue weighted by molar-refractivity contribution is 5.93. The molecule has 0 saturated heterocycles. The van der Waals surface area contributed by atoms with Gasteiger partial charge in [-0.25, -0.2) is 4.79 Å². The van der Waals surface area contributed by atoms with Crippen LogP contribution >= 0.6 is 0 Å². The first-order valence-electron chi connectivity index (χ1n) is 22.4. The van der Waals surface area contributed by atoms with E-state index < -0.39 is 18.1 Å². The summed E-state index contributed by atoms with van der Waals surface area (Å²) in [5.41, 5.74) is 4.83. The van der Waals surface area contributed by atoms with Crippen molar-refractivity contribution in [2.24, 2.45) is 11.8 Å². The van der Waals surface area contributed by atoms with E-state index in [9.17, 15) is 29.1 Å². The van der Waals surface area contributed by atoms with E-state index in [1.807, 2.05) is 96.1 Å². The van der Waals surface area contributed by atoms with Crippen molar-refractivity contribution in [2.45, 2.75) is 125 Å². The van der Waals surface area contributed by atoms with Gasteiger partial charge < -0.3 is 39.8 Å². The SMILES string of the molecule is COc1cc(C(C)C)cc(C)c1O.COc1cc(C(C)C)cc(C)c1OC(=O)N(C)CCN(C)C(=O)CCC(=O)C(CC(C)C)NC(=O)C(CC(=O)CNC(C)C)Cc1ccccc1. The minimum atomic E-state index is -0.784. The number of aryl methyl sites for hydroxylation is 2. The summed E-state index contributed by atoms with van der Waals surface area (Å²) in [4.78, 5) is 68.7. The van der Waals surface area contributed by atoms with Crippen molar-refractivity contribution < 1.29 is 43.3 Å². The quantitative estimate of drug-likeness (QED) is 0.0841. The first kappa shape index (κ1) is 54.7. The first-order valence-corrected chi connectivity index (χ1v) is 22.4. The lowest BCUT2D eigenvalue weighted by Crippen LogP contribution is -2.46. The standard InChI is InChI=1S/C40H60N4O7.C11H16O2/c1-26(2)20-34(42-39(48)32(22-30-14-12-11-13-15-30)23-33(45)25-41-28(5)6)35(46)16-17-37(47)43(8)18-19-44(9)40(49)51-38-29(7)21-31(27(3)4)24-36(38)50-10;1-7(2)9-5-8(3)11(12)10(6-9)13-4/h11-15,21,24,26-28,32,34,41H,16-20,22-23,25H2,1-10H3,(H,42,48);5-7,12H,1-4H3. The van der Waals surface area contributed by atoms with Crippen LogP contribution in [0.3, 0.4) is 0 Å². The number of carbonyl (C=O) groups excluding carboxylic acids is 5. The largest absolute Gasteiger partial charge is 0.504 e. The Balaban J connectivity index is 0.000000922. The Bertz CT molecular complexity index is 1980. The number of ether oxygens (including phenoxy) is 3. The molecule has 3 amide bonds. The zero-order valence-electron chi connectivity index (χ0n) is 40.9. The summed E-state index contributed by atoms with van der Waals surface area (Å²) >= 11 is 0. The highest BCUT2D eigenvalue weighted by atomic mass is 16.6.